The maximum absolute atomic E-state index is 12.7. The zero-order chi connectivity index (χ0) is 21.2. The molecule has 1 aliphatic rings. The van der Waals surface area contributed by atoms with E-state index in [0.29, 0.717) is 11.1 Å². The molecule has 1 atom stereocenters. The molecule has 29 heavy (non-hydrogen) atoms. The normalized spacial score (nSPS) is 17.0. The van der Waals surface area contributed by atoms with Gasteiger partial charge in [0.15, 0.2) is 0 Å². The number of rotatable bonds is 5. The van der Waals surface area contributed by atoms with Crippen molar-refractivity contribution < 1.29 is 18.1 Å². The van der Waals surface area contributed by atoms with Crippen LogP contribution in [0.25, 0.3) is 0 Å². The van der Waals surface area contributed by atoms with Crippen LogP contribution in [0.1, 0.15) is 42.1 Å². The molecule has 0 bridgehead atoms. The van der Waals surface area contributed by atoms with Crippen molar-refractivity contribution in [3.8, 4) is 0 Å². The number of carbonyl (C=O) groups is 1. The Labute approximate surface area is 169 Å². The summed E-state index contributed by atoms with van der Waals surface area (Å²) in [6, 6.07) is 10.1. The first kappa shape index (κ1) is 20.8. The summed E-state index contributed by atoms with van der Waals surface area (Å²) >= 11 is 0. The molecule has 1 N–H and O–H groups in total. The molecule has 9 heteroatoms. The highest BCUT2D eigenvalue weighted by atomic mass is 32.2. The zero-order valence-electron chi connectivity index (χ0n) is 16.3. The number of carbonyl (C=O) groups excluding carboxylic acids is 1. The van der Waals surface area contributed by atoms with Crippen molar-refractivity contribution in [3.63, 3.8) is 0 Å². The third kappa shape index (κ3) is 4.56. The van der Waals surface area contributed by atoms with Gasteiger partial charge in [0.05, 0.1) is 9.82 Å². The minimum absolute atomic E-state index is 0.0687. The van der Waals surface area contributed by atoms with Crippen LogP contribution in [0.3, 0.4) is 0 Å². The minimum Gasteiger partial charge on any atom is -0.336 e. The number of nitrogens with zero attached hydrogens (tertiary/aromatic N) is 2. The average molecular weight is 417 g/mol. The molecule has 1 heterocycles. The van der Waals surface area contributed by atoms with Gasteiger partial charge in [-0.2, -0.15) is 0 Å². The number of aryl methyl sites for hydroxylation is 1. The van der Waals surface area contributed by atoms with E-state index >= 15 is 0 Å². The number of anilines is 1. The lowest BCUT2D eigenvalue weighted by molar-refractivity contribution is -0.385. The number of piperidine rings is 1. The number of hydrogen-bond donors (Lipinski definition) is 1. The summed E-state index contributed by atoms with van der Waals surface area (Å²) < 4.78 is 27.6. The van der Waals surface area contributed by atoms with Gasteiger partial charge in [0.1, 0.15) is 0 Å². The number of nitrogens with one attached hydrogen (secondary N) is 1. The number of benzene rings is 2. The maximum Gasteiger partial charge on any atom is 0.273 e. The zero-order valence-corrected chi connectivity index (χ0v) is 17.1. The Hall–Kier alpha value is -2.94. The van der Waals surface area contributed by atoms with Crippen molar-refractivity contribution in [1.82, 2.24) is 4.90 Å². The van der Waals surface area contributed by atoms with Crippen molar-refractivity contribution in [2.45, 2.75) is 44.0 Å². The van der Waals surface area contributed by atoms with E-state index in [-0.39, 0.29) is 28.2 Å². The fraction of sp³-hybridized carbons (Fsp3) is 0.350. The minimum atomic E-state index is -4.00. The Kier molecular flexibility index (Phi) is 5.88. The smallest absolute Gasteiger partial charge is 0.273 e. The summed E-state index contributed by atoms with van der Waals surface area (Å²) in [6.45, 7) is 4.29. The maximum atomic E-state index is 12.7. The van der Waals surface area contributed by atoms with E-state index in [1.54, 1.807) is 19.1 Å². The quantitative estimate of drug-likeness (QED) is 0.589. The Morgan fingerprint density at radius 1 is 1.17 bits per heavy atom. The molecule has 1 aliphatic heterocycles. The van der Waals surface area contributed by atoms with Crippen LogP contribution in [0.4, 0.5) is 11.4 Å². The second-order valence-electron chi connectivity index (χ2n) is 7.23. The number of hydrogen-bond acceptors (Lipinski definition) is 5. The summed E-state index contributed by atoms with van der Waals surface area (Å²) in [7, 11) is -4.00. The van der Waals surface area contributed by atoms with Crippen LogP contribution in [-0.4, -0.2) is 36.7 Å². The first-order valence-corrected chi connectivity index (χ1v) is 10.9. The molecule has 1 amide bonds. The molecular weight excluding hydrogens is 394 g/mol. The second kappa shape index (κ2) is 8.20. The molecule has 3 rings (SSSR count). The number of likely N-dealkylation sites (tertiary alicyclic amines) is 1. The lowest BCUT2D eigenvalue weighted by Gasteiger charge is -2.33. The molecule has 0 saturated carbocycles. The molecule has 0 spiro atoms. The van der Waals surface area contributed by atoms with E-state index in [4.69, 9.17) is 0 Å². The third-order valence-corrected chi connectivity index (χ3v) is 6.51. The molecule has 154 valence electrons. The highest BCUT2D eigenvalue weighted by Gasteiger charge is 2.24. The van der Waals surface area contributed by atoms with Gasteiger partial charge in [-0.05, 0) is 63.4 Å². The van der Waals surface area contributed by atoms with Gasteiger partial charge in [0.2, 0.25) is 0 Å². The lowest BCUT2D eigenvalue weighted by Crippen LogP contribution is -2.42. The molecule has 2 aromatic carbocycles. The fourth-order valence-electron chi connectivity index (χ4n) is 3.41. The van der Waals surface area contributed by atoms with E-state index in [1.807, 2.05) is 11.8 Å². The van der Waals surface area contributed by atoms with E-state index in [9.17, 15) is 23.3 Å². The predicted molar refractivity (Wildman–Crippen MR) is 109 cm³/mol. The van der Waals surface area contributed by atoms with Crippen molar-refractivity contribution in [1.29, 1.82) is 0 Å². The summed E-state index contributed by atoms with van der Waals surface area (Å²) in [4.78, 5) is 24.8. The van der Waals surface area contributed by atoms with Gasteiger partial charge in [-0.25, -0.2) is 8.42 Å². The van der Waals surface area contributed by atoms with Crippen molar-refractivity contribution in [2.75, 3.05) is 11.3 Å². The van der Waals surface area contributed by atoms with Crippen LogP contribution in [0, 0.1) is 17.0 Å². The van der Waals surface area contributed by atoms with E-state index < -0.39 is 14.9 Å². The molecule has 1 saturated heterocycles. The average Bonchev–Trinajstić information content (AvgIpc) is 2.68. The molecule has 1 fully saturated rings. The summed E-state index contributed by atoms with van der Waals surface area (Å²) in [5.41, 5.74) is 0.886. The highest BCUT2D eigenvalue weighted by molar-refractivity contribution is 7.92. The van der Waals surface area contributed by atoms with Gasteiger partial charge in [0.25, 0.3) is 21.6 Å². The van der Waals surface area contributed by atoms with Crippen LogP contribution in [0.2, 0.25) is 0 Å². The SMILES string of the molecule is Cc1ccc(S(=O)(=O)Nc2ccc(C(=O)N3CCCCC3C)cc2)cc1[N+](=O)[O-]. The Balaban J connectivity index is 1.77. The number of nitro benzene ring substituents is 1. The van der Waals surface area contributed by atoms with Gasteiger partial charge < -0.3 is 4.90 Å². The summed E-state index contributed by atoms with van der Waals surface area (Å²) in [5, 5.41) is 11.1. The van der Waals surface area contributed by atoms with E-state index in [1.165, 1.54) is 24.3 Å². The largest absolute Gasteiger partial charge is 0.336 e. The van der Waals surface area contributed by atoms with Crippen LogP contribution in [0.5, 0.6) is 0 Å². The van der Waals surface area contributed by atoms with Gasteiger partial charge in [-0.15, -0.1) is 0 Å². The van der Waals surface area contributed by atoms with Crippen LogP contribution in [-0.2, 0) is 10.0 Å². The Morgan fingerprint density at radius 2 is 1.86 bits per heavy atom. The standard InChI is InChI=1S/C20H23N3O5S/c1-14-6-11-18(13-19(14)23(25)26)29(27,28)21-17-9-7-16(8-10-17)20(24)22-12-4-3-5-15(22)2/h6-11,13,15,21H,3-5,12H2,1-2H3. The first-order valence-electron chi connectivity index (χ1n) is 9.38. The first-order chi connectivity index (χ1) is 13.7. The van der Waals surface area contributed by atoms with E-state index in [0.717, 1.165) is 31.9 Å². The molecule has 1 unspecified atom stereocenters. The molecule has 2 aromatic rings. The van der Waals surface area contributed by atoms with Gasteiger partial charge in [0, 0.05) is 35.5 Å². The van der Waals surface area contributed by atoms with Crippen molar-refractivity contribution >= 4 is 27.3 Å². The summed E-state index contributed by atoms with van der Waals surface area (Å²) in [6.07, 6.45) is 3.08. The van der Waals surface area contributed by atoms with Crippen LogP contribution in [0.15, 0.2) is 47.4 Å². The molecular formula is C20H23N3O5S. The van der Waals surface area contributed by atoms with Crippen molar-refractivity contribution in [2.24, 2.45) is 0 Å². The van der Waals surface area contributed by atoms with Gasteiger partial charge >= 0.3 is 0 Å². The predicted octanol–water partition coefficient (Wildman–Crippen LogP) is 3.72. The monoisotopic (exact) mass is 417 g/mol. The van der Waals surface area contributed by atoms with Crippen molar-refractivity contribution in [3.05, 3.63) is 63.7 Å². The van der Waals surface area contributed by atoms with Crippen LogP contribution >= 0.6 is 0 Å². The lowest BCUT2D eigenvalue weighted by atomic mass is 10.0. The fourth-order valence-corrected chi connectivity index (χ4v) is 4.49. The Bertz CT molecular complexity index is 1030. The number of sulfonamides is 1. The third-order valence-electron chi connectivity index (χ3n) is 5.14. The second-order valence-corrected chi connectivity index (χ2v) is 8.91. The Morgan fingerprint density at radius 3 is 2.48 bits per heavy atom. The van der Waals surface area contributed by atoms with Gasteiger partial charge in [-0.1, -0.05) is 6.07 Å². The highest BCUT2D eigenvalue weighted by Crippen LogP contribution is 2.25. The molecule has 0 aromatic heterocycles. The topological polar surface area (TPSA) is 110 Å². The van der Waals surface area contributed by atoms with Gasteiger partial charge in [-0.3, -0.25) is 19.6 Å². The van der Waals surface area contributed by atoms with Crippen LogP contribution < -0.4 is 4.72 Å². The molecule has 0 radical (unpaired) electrons. The summed E-state index contributed by atoms with van der Waals surface area (Å²) in [5.74, 6) is -0.0687. The number of amides is 1. The molecule has 0 aliphatic carbocycles. The molecule has 8 nitrogen and oxygen atoms in total. The van der Waals surface area contributed by atoms with E-state index in [2.05, 4.69) is 4.72 Å². The number of nitro groups is 1.